The molecule has 3 unspecified atom stereocenters. The maximum atomic E-state index is 12.2. The molecule has 0 aliphatic heterocycles. The minimum absolute atomic E-state index is 0.0943. The van der Waals surface area contributed by atoms with E-state index < -0.39 is 18.8 Å². The zero-order chi connectivity index (χ0) is 14.7. The van der Waals surface area contributed by atoms with Gasteiger partial charge in [-0.15, -0.1) is 0 Å². The van der Waals surface area contributed by atoms with E-state index in [-0.39, 0.29) is 5.54 Å². The van der Waals surface area contributed by atoms with Gasteiger partial charge in [-0.2, -0.15) is 13.2 Å². The molecule has 0 bridgehead atoms. The number of hydrogen-bond donors (Lipinski definition) is 2. The minimum Gasteiger partial charge on any atom is -0.382 e. The minimum atomic E-state index is -4.54. The Labute approximate surface area is 113 Å². The van der Waals surface area contributed by atoms with Crippen molar-refractivity contribution in [2.24, 2.45) is 5.92 Å². The molecule has 0 spiro atoms. The second-order valence-corrected chi connectivity index (χ2v) is 6.01. The molecule has 1 rings (SSSR count). The van der Waals surface area contributed by atoms with Crippen molar-refractivity contribution < 1.29 is 18.3 Å². The van der Waals surface area contributed by atoms with Gasteiger partial charge in [-0.25, -0.2) is 0 Å². The highest BCUT2D eigenvalue weighted by atomic mass is 19.4. The molecule has 114 valence electrons. The van der Waals surface area contributed by atoms with Gasteiger partial charge in [-0.3, -0.25) is 0 Å². The van der Waals surface area contributed by atoms with Gasteiger partial charge < -0.3 is 15.3 Å². The molecule has 0 radical (unpaired) electrons. The third-order valence-electron chi connectivity index (χ3n) is 4.19. The lowest BCUT2D eigenvalue weighted by Gasteiger charge is -2.45. The highest BCUT2D eigenvalue weighted by molar-refractivity contribution is 4.94. The van der Waals surface area contributed by atoms with E-state index in [0.717, 1.165) is 19.3 Å². The second-order valence-electron chi connectivity index (χ2n) is 6.01. The summed E-state index contributed by atoms with van der Waals surface area (Å²) in [7, 11) is 3.94. The Morgan fingerprint density at radius 2 is 2.05 bits per heavy atom. The quantitative estimate of drug-likeness (QED) is 0.809. The van der Waals surface area contributed by atoms with Crippen LogP contribution in [0.5, 0.6) is 0 Å². The van der Waals surface area contributed by atoms with Gasteiger partial charge in [0.2, 0.25) is 0 Å². The molecule has 0 aromatic heterocycles. The van der Waals surface area contributed by atoms with Crippen LogP contribution in [0.25, 0.3) is 0 Å². The van der Waals surface area contributed by atoms with E-state index in [1.165, 1.54) is 6.42 Å². The van der Waals surface area contributed by atoms with Gasteiger partial charge in [-0.05, 0) is 32.9 Å². The summed E-state index contributed by atoms with van der Waals surface area (Å²) >= 11 is 0. The second kappa shape index (κ2) is 6.41. The topological polar surface area (TPSA) is 35.5 Å². The van der Waals surface area contributed by atoms with Crippen LogP contribution in [0.4, 0.5) is 13.2 Å². The number of nitrogens with zero attached hydrogens (tertiary/aromatic N) is 1. The van der Waals surface area contributed by atoms with E-state index in [1.54, 1.807) is 0 Å². The van der Waals surface area contributed by atoms with Crippen LogP contribution in [0, 0.1) is 5.92 Å². The Hall–Kier alpha value is -0.330. The Kier molecular flexibility index (Phi) is 5.65. The van der Waals surface area contributed by atoms with E-state index in [2.05, 4.69) is 17.1 Å². The van der Waals surface area contributed by atoms with Crippen LogP contribution in [-0.2, 0) is 0 Å². The summed E-state index contributed by atoms with van der Waals surface area (Å²) < 4.78 is 36.7. The highest BCUT2D eigenvalue weighted by Crippen LogP contribution is 2.35. The van der Waals surface area contributed by atoms with Crippen LogP contribution in [0.15, 0.2) is 0 Å². The van der Waals surface area contributed by atoms with Gasteiger partial charge in [0.05, 0.1) is 0 Å². The fourth-order valence-corrected chi connectivity index (χ4v) is 2.91. The van der Waals surface area contributed by atoms with E-state index in [0.29, 0.717) is 12.5 Å². The number of aliphatic hydroxyl groups excluding tert-OH is 1. The normalized spacial score (nSPS) is 30.6. The maximum absolute atomic E-state index is 12.2. The van der Waals surface area contributed by atoms with Crippen molar-refractivity contribution in [3.63, 3.8) is 0 Å². The van der Waals surface area contributed by atoms with Crippen LogP contribution < -0.4 is 5.32 Å². The molecular formula is C13H25F3N2O. The largest absolute Gasteiger partial charge is 0.415 e. The smallest absolute Gasteiger partial charge is 0.382 e. The molecule has 1 aliphatic rings. The van der Waals surface area contributed by atoms with Crippen LogP contribution in [-0.4, -0.2) is 55.0 Å². The molecule has 1 aliphatic carbocycles. The van der Waals surface area contributed by atoms with Gasteiger partial charge in [-0.1, -0.05) is 19.8 Å². The Morgan fingerprint density at radius 3 is 2.53 bits per heavy atom. The fourth-order valence-electron chi connectivity index (χ4n) is 2.91. The first kappa shape index (κ1) is 16.7. The van der Waals surface area contributed by atoms with Crippen molar-refractivity contribution >= 4 is 0 Å². The maximum Gasteiger partial charge on any atom is 0.415 e. The summed E-state index contributed by atoms with van der Waals surface area (Å²) in [6.45, 7) is 2.23. The summed E-state index contributed by atoms with van der Waals surface area (Å²) in [5.74, 6) is 0.588. The molecular weight excluding hydrogens is 257 g/mol. The molecule has 3 atom stereocenters. The fraction of sp³-hybridized carbons (Fsp3) is 1.00. The summed E-state index contributed by atoms with van der Waals surface area (Å²) in [5, 5.41) is 11.8. The zero-order valence-corrected chi connectivity index (χ0v) is 11.9. The first-order valence-corrected chi connectivity index (χ1v) is 6.80. The standard InChI is InChI=1S/C13H25F3N2O/c1-10-5-4-6-12(7-10,18(2)3)9-17-8-11(19)13(14,15)16/h10-11,17,19H,4-9H2,1-3H3. The molecule has 6 heteroatoms. The number of rotatable bonds is 5. The molecule has 1 fully saturated rings. The average molecular weight is 282 g/mol. The van der Waals surface area contributed by atoms with E-state index in [1.807, 2.05) is 14.1 Å². The molecule has 2 N–H and O–H groups in total. The van der Waals surface area contributed by atoms with E-state index >= 15 is 0 Å². The van der Waals surface area contributed by atoms with E-state index in [9.17, 15) is 13.2 Å². The summed E-state index contributed by atoms with van der Waals surface area (Å²) in [5.41, 5.74) is -0.0943. The number of hydrogen-bond acceptors (Lipinski definition) is 3. The Balaban J connectivity index is 2.51. The molecule has 0 saturated heterocycles. The number of nitrogens with one attached hydrogen (secondary N) is 1. The Bertz CT molecular complexity index is 284. The van der Waals surface area contributed by atoms with Crippen LogP contribution >= 0.6 is 0 Å². The van der Waals surface area contributed by atoms with Crippen LogP contribution in [0.3, 0.4) is 0 Å². The molecule has 1 saturated carbocycles. The number of alkyl halides is 3. The lowest BCUT2D eigenvalue weighted by molar-refractivity contribution is -0.202. The monoisotopic (exact) mass is 282 g/mol. The first-order valence-electron chi connectivity index (χ1n) is 6.80. The van der Waals surface area contributed by atoms with Crippen molar-refractivity contribution in [2.75, 3.05) is 27.2 Å². The molecule has 3 nitrogen and oxygen atoms in total. The molecule has 0 aromatic rings. The van der Waals surface area contributed by atoms with Crippen LogP contribution in [0.1, 0.15) is 32.6 Å². The average Bonchev–Trinajstić information content (AvgIpc) is 2.27. The van der Waals surface area contributed by atoms with Gasteiger partial charge in [0.15, 0.2) is 6.10 Å². The number of likely N-dealkylation sites (N-methyl/N-ethyl adjacent to an activating group) is 1. The third kappa shape index (κ3) is 4.61. The number of aliphatic hydroxyl groups is 1. The Morgan fingerprint density at radius 1 is 1.42 bits per heavy atom. The van der Waals surface area contributed by atoms with Crippen molar-refractivity contribution in [3.05, 3.63) is 0 Å². The van der Waals surface area contributed by atoms with Crippen molar-refractivity contribution in [3.8, 4) is 0 Å². The lowest BCUT2D eigenvalue weighted by atomic mass is 9.75. The summed E-state index contributed by atoms with van der Waals surface area (Å²) in [6.07, 6.45) is -2.58. The highest BCUT2D eigenvalue weighted by Gasteiger charge is 2.40. The van der Waals surface area contributed by atoms with Crippen molar-refractivity contribution in [1.82, 2.24) is 10.2 Å². The van der Waals surface area contributed by atoms with Crippen molar-refractivity contribution in [1.29, 1.82) is 0 Å². The summed E-state index contributed by atoms with van der Waals surface area (Å²) in [4.78, 5) is 2.11. The zero-order valence-electron chi connectivity index (χ0n) is 11.9. The SMILES string of the molecule is CC1CCCC(CNCC(O)C(F)(F)F)(N(C)C)C1. The van der Waals surface area contributed by atoms with E-state index in [4.69, 9.17) is 5.11 Å². The van der Waals surface area contributed by atoms with Crippen LogP contribution in [0.2, 0.25) is 0 Å². The first-order chi connectivity index (χ1) is 8.67. The van der Waals surface area contributed by atoms with Gasteiger partial charge in [0.1, 0.15) is 0 Å². The van der Waals surface area contributed by atoms with Gasteiger partial charge in [0.25, 0.3) is 0 Å². The molecule has 19 heavy (non-hydrogen) atoms. The predicted molar refractivity (Wildman–Crippen MR) is 69.0 cm³/mol. The summed E-state index contributed by atoms with van der Waals surface area (Å²) in [6, 6.07) is 0. The van der Waals surface area contributed by atoms with Gasteiger partial charge in [0, 0.05) is 18.6 Å². The predicted octanol–water partition coefficient (Wildman–Crippen LogP) is 2.01. The molecule has 0 heterocycles. The lowest BCUT2D eigenvalue weighted by Crippen LogP contribution is -2.55. The third-order valence-corrected chi connectivity index (χ3v) is 4.19. The molecule has 0 amide bonds. The number of halogens is 3. The van der Waals surface area contributed by atoms with Gasteiger partial charge >= 0.3 is 6.18 Å². The van der Waals surface area contributed by atoms with Crippen molar-refractivity contribution in [2.45, 2.75) is 50.4 Å². The molecule has 0 aromatic carbocycles.